The molecule has 3 aromatic rings. The zero-order valence-electron chi connectivity index (χ0n) is 16.8. The van der Waals surface area contributed by atoms with Crippen molar-refractivity contribution >= 4 is 28.3 Å². The van der Waals surface area contributed by atoms with Crippen LogP contribution in [0.3, 0.4) is 0 Å². The molecular formula is C23H21N3O3S. The largest absolute Gasteiger partial charge is 0.462 e. The Morgan fingerprint density at radius 1 is 1.13 bits per heavy atom. The topological polar surface area (TPSA) is 83.3 Å². The molecule has 3 rings (SSSR count). The molecule has 0 saturated carbocycles. The number of hydrogen-bond acceptors (Lipinski definition) is 6. The molecule has 0 spiro atoms. The van der Waals surface area contributed by atoms with Crippen molar-refractivity contribution in [2.75, 3.05) is 11.5 Å². The van der Waals surface area contributed by atoms with Crippen LogP contribution in [0.25, 0.3) is 0 Å². The van der Waals surface area contributed by atoms with Crippen molar-refractivity contribution in [3.05, 3.63) is 81.9 Å². The number of carbonyl (C=O) groups excluding carboxylic acids is 2. The first kappa shape index (κ1) is 21.2. The summed E-state index contributed by atoms with van der Waals surface area (Å²) in [5.41, 5.74) is 2.69. The summed E-state index contributed by atoms with van der Waals surface area (Å²) in [6.07, 6.45) is 0.225. The lowest BCUT2D eigenvalue weighted by Gasteiger charge is -2.20. The number of nitrogens with zero attached hydrogens (tertiary/aromatic N) is 3. The number of rotatable bonds is 7. The summed E-state index contributed by atoms with van der Waals surface area (Å²) in [5.74, 6) is -0.690. The van der Waals surface area contributed by atoms with Crippen molar-refractivity contribution in [3.8, 4) is 6.07 Å². The number of thiazole rings is 1. The van der Waals surface area contributed by atoms with Gasteiger partial charge in [0.2, 0.25) is 0 Å². The van der Waals surface area contributed by atoms with E-state index in [-0.39, 0.29) is 18.9 Å². The molecule has 30 heavy (non-hydrogen) atoms. The molecule has 0 atom stereocenters. The molecular weight excluding hydrogens is 398 g/mol. The molecule has 0 saturated heterocycles. The zero-order valence-corrected chi connectivity index (χ0v) is 17.6. The second kappa shape index (κ2) is 9.81. The minimum Gasteiger partial charge on any atom is -0.462 e. The molecule has 7 heteroatoms. The van der Waals surface area contributed by atoms with Crippen molar-refractivity contribution in [1.29, 1.82) is 5.26 Å². The number of benzene rings is 2. The van der Waals surface area contributed by atoms with E-state index in [0.717, 1.165) is 22.5 Å². The normalized spacial score (nSPS) is 10.3. The van der Waals surface area contributed by atoms with E-state index in [2.05, 4.69) is 11.1 Å². The number of nitriles is 1. The molecule has 0 unspecified atom stereocenters. The fraction of sp³-hybridized carbons (Fsp3) is 0.217. The van der Waals surface area contributed by atoms with E-state index in [1.54, 1.807) is 36.9 Å². The van der Waals surface area contributed by atoms with E-state index in [4.69, 9.17) is 10.00 Å². The molecule has 0 aliphatic heterocycles. The summed E-state index contributed by atoms with van der Waals surface area (Å²) in [5, 5.41) is 9.39. The standard InChI is InChI=1S/C23H21N3O3S/c1-3-29-22(28)20-16(2)25-23(30-20)26(15-18-8-5-4-6-9-18)21(27)19-11-7-10-17(14-19)12-13-24/h4-11,14H,3,12,15H2,1-2H3. The quantitative estimate of drug-likeness (QED) is 0.525. The van der Waals surface area contributed by atoms with Gasteiger partial charge in [-0.3, -0.25) is 9.69 Å². The maximum atomic E-state index is 13.4. The van der Waals surface area contributed by atoms with Crippen LogP contribution in [-0.2, 0) is 17.7 Å². The van der Waals surface area contributed by atoms with Crippen LogP contribution < -0.4 is 4.90 Å². The van der Waals surface area contributed by atoms with E-state index in [1.807, 2.05) is 36.4 Å². The third-order valence-corrected chi connectivity index (χ3v) is 5.52. The first-order valence-electron chi connectivity index (χ1n) is 9.49. The predicted octanol–water partition coefficient (Wildman–Crippen LogP) is 4.54. The van der Waals surface area contributed by atoms with Crippen LogP contribution >= 0.6 is 11.3 Å². The van der Waals surface area contributed by atoms with Crippen LogP contribution in [0, 0.1) is 18.3 Å². The highest BCUT2D eigenvalue weighted by molar-refractivity contribution is 7.17. The molecule has 0 radical (unpaired) electrons. The second-order valence-electron chi connectivity index (χ2n) is 6.54. The van der Waals surface area contributed by atoms with Crippen LogP contribution in [0.1, 0.15) is 43.8 Å². The summed E-state index contributed by atoms with van der Waals surface area (Å²) >= 11 is 1.14. The van der Waals surface area contributed by atoms with E-state index in [1.165, 1.54) is 0 Å². The van der Waals surface area contributed by atoms with Crippen LogP contribution in [0.2, 0.25) is 0 Å². The SMILES string of the molecule is CCOC(=O)c1sc(N(Cc2ccccc2)C(=O)c2cccc(CC#N)c2)nc1C. The zero-order chi connectivity index (χ0) is 21.5. The smallest absolute Gasteiger partial charge is 0.350 e. The number of anilines is 1. The summed E-state index contributed by atoms with van der Waals surface area (Å²) in [4.78, 5) is 32.1. The predicted molar refractivity (Wildman–Crippen MR) is 116 cm³/mol. The average Bonchev–Trinajstić information content (AvgIpc) is 3.14. The summed E-state index contributed by atoms with van der Waals surface area (Å²) in [6, 6.07) is 18.7. The number of aryl methyl sites for hydroxylation is 1. The molecule has 2 aromatic carbocycles. The monoisotopic (exact) mass is 419 g/mol. The highest BCUT2D eigenvalue weighted by Gasteiger charge is 2.25. The van der Waals surface area contributed by atoms with Crippen molar-refractivity contribution in [1.82, 2.24) is 4.98 Å². The molecule has 0 aliphatic carbocycles. The highest BCUT2D eigenvalue weighted by Crippen LogP contribution is 2.29. The molecule has 6 nitrogen and oxygen atoms in total. The Morgan fingerprint density at radius 2 is 1.87 bits per heavy atom. The van der Waals surface area contributed by atoms with Crippen molar-refractivity contribution < 1.29 is 14.3 Å². The van der Waals surface area contributed by atoms with Gasteiger partial charge in [0.15, 0.2) is 5.13 Å². The Labute approximate surface area is 179 Å². The number of esters is 1. The van der Waals surface area contributed by atoms with Gasteiger partial charge in [-0.2, -0.15) is 5.26 Å². The Bertz CT molecular complexity index is 1090. The van der Waals surface area contributed by atoms with Gasteiger partial charge >= 0.3 is 5.97 Å². The van der Waals surface area contributed by atoms with Gasteiger partial charge in [-0.25, -0.2) is 9.78 Å². The maximum absolute atomic E-state index is 13.4. The fourth-order valence-corrected chi connectivity index (χ4v) is 3.90. The lowest BCUT2D eigenvalue weighted by molar-refractivity contribution is 0.0531. The lowest BCUT2D eigenvalue weighted by Crippen LogP contribution is -2.30. The molecule has 0 aliphatic rings. The number of amides is 1. The van der Waals surface area contributed by atoms with Gasteiger partial charge in [0, 0.05) is 5.56 Å². The van der Waals surface area contributed by atoms with Gasteiger partial charge in [0.25, 0.3) is 5.91 Å². The van der Waals surface area contributed by atoms with Gasteiger partial charge in [-0.1, -0.05) is 53.8 Å². The molecule has 1 heterocycles. The van der Waals surface area contributed by atoms with E-state index >= 15 is 0 Å². The molecule has 1 aromatic heterocycles. The van der Waals surface area contributed by atoms with Crippen molar-refractivity contribution in [2.24, 2.45) is 0 Å². The third kappa shape index (κ3) is 4.91. The Kier molecular flexibility index (Phi) is 6.94. The molecule has 0 fully saturated rings. The average molecular weight is 420 g/mol. The van der Waals surface area contributed by atoms with Crippen molar-refractivity contribution in [2.45, 2.75) is 26.8 Å². The third-order valence-electron chi connectivity index (χ3n) is 4.36. The van der Waals surface area contributed by atoms with Crippen LogP contribution in [0.5, 0.6) is 0 Å². The van der Waals surface area contributed by atoms with E-state index in [9.17, 15) is 9.59 Å². The van der Waals surface area contributed by atoms with E-state index in [0.29, 0.717) is 27.8 Å². The second-order valence-corrected chi connectivity index (χ2v) is 7.52. The minimum absolute atomic E-state index is 0.225. The molecule has 1 amide bonds. The van der Waals surface area contributed by atoms with Gasteiger partial charge < -0.3 is 4.74 Å². The molecule has 0 bridgehead atoms. The van der Waals surface area contributed by atoms with E-state index < -0.39 is 5.97 Å². The van der Waals surface area contributed by atoms with Crippen LogP contribution in [-0.4, -0.2) is 23.5 Å². The number of aromatic nitrogens is 1. The number of hydrogen-bond donors (Lipinski definition) is 0. The van der Waals surface area contributed by atoms with Crippen molar-refractivity contribution in [3.63, 3.8) is 0 Å². The number of carbonyl (C=O) groups is 2. The fourth-order valence-electron chi connectivity index (χ4n) is 2.94. The Balaban J connectivity index is 2.00. The van der Waals surface area contributed by atoms with Gasteiger partial charge in [-0.15, -0.1) is 0 Å². The van der Waals surface area contributed by atoms with Crippen LogP contribution in [0.15, 0.2) is 54.6 Å². The minimum atomic E-state index is -0.443. The maximum Gasteiger partial charge on any atom is 0.350 e. The van der Waals surface area contributed by atoms with Gasteiger partial charge in [-0.05, 0) is 37.1 Å². The first-order valence-corrected chi connectivity index (χ1v) is 10.3. The molecule has 0 N–H and O–H groups in total. The Hall–Kier alpha value is -3.50. The lowest BCUT2D eigenvalue weighted by atomic mass is 10.1. The number of ether oxygens (including phenoxy) is 1. The molecule has 152 valence electrons. The first-order chi connectivity index (χ1) is 14.5. The van der Waals surface area contributed by atoms with Crippen LogP contribution in [0.4, 0.5) is 5.13 Å². The summed E-state index contributed by atoms with van der Waals surface area (Å²) in [6.45, 7) is 4.04. The highest BCUT2D eigenvalue weighted by atomic mass is 32.1. The Morgan fingerprint density at radius 3 is 2.57 bits per heavy atom. The summed E-state index contributed by atoms with van der Waals surface area (Å²) in [7, 11) is 0. The summed E-state index contributed by atoms with van der Waals surface area (Å²) < 4.78 is 5.11. The van der Waals surface area contributed by atoms with Gasteiger partial charge in [0.1, 0.15) is 4.88 Å². The van der Waals surface area contributed by atoms with Gasteiger partial charge in [0.05, 0.1) is 31.3 Å².